The van der Waals surface area contributed by atoms with Crippen molar-refractivity contribution in [3.05, 3.63) is 86.2 Å². The maximum atomic E-state index is 13.1. The van der Waals surface area contributed by atoms with E-state index in [1.54, 1.807) is 35.2 Å². The average molecular weight is 615 g/mol. The first-order valence-corrected chi connectivity index (χ1v) is 13.7. The number of carbonyl (C=O) groups is 2. The number of carbonyl (C=O) groups excluding carboxylic acids is 2. The number of benzene rings is 3. The molecule has 1 aliphatic rings. The monoisotopic (exact) mass is 613 g/mol. The van der Waals surface area contributed by atoms with Crippen LogP contribution in [0.1, 0.15) is 18.1 Å². The molecule has 196 valence electrons. The maximum Gasteiger partial charge on any atom is 0.266 e. The molecule has 10 heteroatoms. The largest absolute Gasteiger partial charge is 0.493 e. The zero-order valence-electron chi connectivity index (χ0n) is 21.0. The van der Waals surface area contributed by atoms with Crippen LogP contribution in [0.3, 0.4) is 0 Å². The summed E-state index contributed by atoms with van der Waals surface area (Å²) in [5.74, 6) is 0.451. The molecule has 0 atom stereocenters. The van der Waals surface area contributed by atoms with Gasteiger partial charge in [-0.15, -0.1) is 0 Å². The normalized spacial score (nSPS) is 15.3. The summed E-state index contributed by atoms with van der Waals surface area (Å²) in [6, 6.07) is 18.2. The summed E-state index contributed by atoms with van der Waals surface area (Å²) in [7, 11) is 1.52. The number of nitrogens with zero attached hydrogens (tertiary/aromatic N) is 2. The van der Waals surface area contributed by atoms with E-state index in [0.29, 0.717) is 44.5 Å². The molecular formula is C28H25BrClN3O4S. The number of halogens is 2. The minimum atomic E-state index is -0.284. The SMILES string of the molecule is CCN1C(=O)/C(=C/c2ccc(OCC(=O)Nc3ccc(C)cc3)c(OC)c2)SC1=Nc1ccc(Br)c(Cl)c1. The second-order valence-electron chi connectivity index (χ2n) is 8.27. The first-order valence-electron chi connectivity index (χ1n) is 11.7. The standard InChI is InChI=1S/C28H25BrClN3O4S/c1-4-33-27(35)25(38-28(33)32-20-10-11-21(29)22(30)15-20)14-18-7-12-23(24(13-18)36-3)37-16-26(34)31-19-8-5-17(2)6-9-19/h5-15H,4,16H2,1-3H3,(H,31,34)/b25-14-,32-28?. The molecule has 38 heavy (non-hydrogen) atoms. The molecule has 0 saturated carbocycles. The fourth-order valence-electron chi connectivity index (χ4n) is 3.56. The number of ether oxygens (including phenoxy) is 2. The van der Waals surface area contributed by atoms with Gasteiger partial charge in [0.25, 0.3) is 11.8 Å². The van der Waals surface area contributed by atoms with Crippen molar-refractivity contribution in [1.82, 2.24) is 4.90 Å². The second-order valence-corrected chi connectivity index (χ2v) is 10.5. The smallest absolute Gasteiger partial charge is 0.266 e. The van der Waals surface area contributed by atoms with Gasteiger partial charge in [0.15, 0.2) is 23.3 Å². The van der Waals surface area contributed by atoms with Crippen LogP contribution < -0.4 is 14.8 Å². The third-order valence-corrected chi connectivity index (χ3v) is 7.75. The molecule has 4 rings (SSSR count). The molecule has 1 saturated heterocycles. The van der Waals surface area contributed by atoms with E-state index in [-0.39, 0.29) is 18.4 Å². The molecule has 1 aliphatic heterocycles. The molecule has 0 bridgehead atoms. The lowest BCUT2D eigenvalue weighted by atomic mass is 10.2. The highest BCUT2D eigenvalue weighted by atomic mass is 79.9. The number of hydrogen-bond acceptors (Lipinski definition) is 6. The van der Waals surface area contributed by atoms with E-state index in [0.717, 1.165) is 15.6 Å². The summed E-state index contributed by atoms with van der Waals surface area (Å²) < 4.78 is 11.9. The van der Waals surface area contributed by atoms with Crippen LogP contribution in [0.2, 0.25) is 5.02 Å². The van der Waals surface area contributed by atoms with Gasteiger partial charge in [-0.05, 0) is 95.6 Å². The van der Waals surface area contributed by atoms with Crippen LogP contribution >= 0.6 is 39.3 Å². The average Bonchev–Trinajstić information content (AvgIpc) is 3.19. The highest BCUT2D eigenvalue weighted by Crippen LogP contribution is 2.36. The molecule has 1 fully saturated rings. The number of aliphatic imine (C=N–C) groups is 1. The van der Waals surface area contributed by atoms with Crippen molar-refractivity contribution in [2.24, 2.45) is 4.99 Å². The van der Waals surface area contributed by atoms with Gasteiger partial charge in [-0.3, -0.25) is 14.5 Å². The van der Waals surface area contributed by atoms with Crippen molar-refractivity contribution >= 4 is 73.7 Å². The van der Waals surface area contributed by atoms with Gasteiger partial charge in [-0.2, -0.15) is 0 Å². The van der Waals surface area contributed by atoms with Crippen LogP contribution in [-0.4, -0.2) is 42.1 Å². The Balaban J connectivity index is 1.47. The lowest BCUT2D eigenvalue weighted by Gasteiger charge is -2.12. The zero-order valence-corrected chi connectivity index (χ0v) is 24.1. The third kappa shape index (κ3) is 6.78. The summed E-state index contributed by atoms with van der Waals surface area (Å²) in [4.78, 5) is 32.1. The van der Waals surface area contributed by atoms with E-state index in [9.17, 15) is 9.59 Å². The Bertz CT molecular complexity index is 1430. The topological polar surface area (TPSA) is 80.2 Å². The van der Waals surface area contributed by atoms with Gasteiger partial charge >= 0.3 is 0 Å². The van der Waals surface area contributed by atoms with E-state index in [4.69, 9.17) is 21.1 Å². The highest BCUT2D eigenvalue weighted by molar-refractivity contribution is 9.10. The fourth-order valence-corrected chi connectivity index (χ4v) is 5.04. The summed E-state index contributed by atoms with van der Waals surface area (Å²) in [5.41, 5.74) is 3.21. The summed E-state index contributed by atoms with van der Waals surface area (Å²) in [6.07, 6.45) is 1.78. The number of thioether (sulfide) groups is 1. The molecule has 3 aromatic carbocycles. The first-order chi connectivity index (χ1) is 18.3. The Kier molecular flexibility index (Phi) is 9.14. The van der Waals surface area contributed by atoms with E-state index < -0.39 is 0 Å². The summed E-state index contributed by atoms with van der Waals surface area (Å²) in [5, 5.41) is 3.92. The van der Waals surface area contributed by atoms with Crippen molar-refractivity contribution in [1.29, 1.82) is 0 Å². The third-order valence-electron chi connectivity index (χ3n) is 5.51. The van der Waals surface area contributed by atoms with Crippen LogP contribution in [0, 0.1) is 6.92 Å². The predicted molar refractivity (Wildman–Crippen MR) is 157 cm³/mol. The Labute approximate surface area is 239 Å². The number of methoxy groups -OCH3 is 1. The molecule has 3 aromatic rings. The minimum Gasteiger partial charge on any atom is -0.493 e. The second kappa shape index (κ2) is 12.5. The van der Waals surface area contributed by atoms with Crippen LogP contribution in [0.15, 0.2) is 75.0 Å². The molecule has 0 unspecified atom stereocenters. The van der Waals surface area contributed by atoms with E-state index in [1.807, 2.05) is 50.2 Å². The number of rotatable bonds is 8. The van der Waals surface area contributed by atoms with Gasteiger partial charge in [0, 0.05) is 16.7 Å². The number of amidine groups is 1. The van der Waals surface area contributed by atoms with Crippen LogP contribution in [0.5, 0.6) is 11.5 Å². The van der Waals surface area contributed by atoms with Crippen molar-refractivity contribution < 1.29 is 19.1 Å². The Hall–Kier alpha value is -3.27. The number of nitrogens with one attached hydrogen (secondary N) is 1. The Morgan fingerprint density at radius 2 is 1.89 bits per heavy atom. The van der Waals surface area contributed by atoms with Gasteiger partial charge < -0.3 is 14.8 Å². The van der Waals surface area contributed by atoms with Crippen molar-refractivity contribution in [2.45, 2.75) is 13.8 Å². The van der Waals surface area contributed by atoms with Crippen LogP contribution in [0.4, 0.5) is 11.4 Å². The van der Waals surface area contributed by atoms with Crippen molar-refractivity contribution in [3.63, 3.8) is 0 Å². The molecular weight excluding hydrogens is 590 g/mol. The Morgan fingerprint density at radius 3 is 2.58 bits per heavy atom. The van der Waals surface area contributed by atoms with Crippen LogP contribution in [-0.2, 0) is 9.59 Å². The van der Waals surface area contributed by atoms with E-state index >= 15 is 0 Å². The summed E-state index contributed by atoms with van der Waals surface area (Å²) in [6.45, 7) is 4.18. The molecule has 0 radical (unpaired) electrons. The van der Waals surface area contributed by atoms with Gasteiger partial charge in [-0.1, -0.05) is 35.4 Å². The van der Waals surface area contributed by atoms with Gasteiger partial charge in [0.1, 0.15) is 0 Å². The molecule has 0 spiro atoms. The number of anilines is 1. The molecule has 1 heterocycles. The van der Waals surface area contributed by atoms with E-state index in [2.05, 4.69) is 26.2 Å². The van der Waals surface area contributed by atoms with Crippen molar-refractivity contribution in [3.8, 4) is 11.5 Å². The minimum absolute atomic E-state index is 0.133. The zero-order chi connectivity index (χ0) is 27.2. The summed E-state index contributed by atoms with van der Waals surface area (Å²) >= 11 is 10.9. The number of aryl methyl sites for hydroxylation is 1. The van der Waals surface area contributed by atoms with E-state index in [1.165, 1.54) is 18.9 Å². The predicted octanol–water partition coefficient (Wildman–Crippen LogP) is 7.06. The molecule has 0 aromatic heterocycles. The van der Waals surface area contributed by atoms with Gasteiger partial charge in [-0.25, -0.2) is 4.99 Å². The molecule has 1 N–H and O–H groups in total. The number of likely N-dealkylation sites (N-methyl/N-ethyl adjacent to an activating group) is 1. The first kappa shape index (κ1) is 27.8. The number of amides is 2. The molecule has 2 amide bonds. The van der Waals surface area contributed by atoms with Gasteiger partial charge in [0.2, 0.25) is 0 Å². The molecule has 7 nitrogen and oxygen atoms in total. The fraction of sp³-hybridized carbons (Fsp3) is 0.179. The maximum absolute atomic E-state index is 13.1. The van der Waals surface area contributed by atoms with Crippen molar-refractivity contribution in [2.75, 3.05) is 25.6 Å². The quantitative estimate of drug-likeness (QED) is 0.275. The van der Waals surface area contributed by atoms with Gasteiger partial charge in [0.05, 0.1) is 22.7 Å². The number of hydrogen-bond donors (Lipinski definition) is 1. The lowest BCUT2D eigenvalue weighted by molar-refractivity contribution is -0.122. The van der Waals surface area contributed by atoms with Crippen LogP contribution in [0.25, 0.3) is 6.08 Å². The molecule has 0 aliphatic carbocycles. The lowest BCUT2D eigenvalue weighted by Crippen LogP contribution is -2.28. The Morgan fingerprint density at radius 1 is 1.13 bits per heavy atom. The highest BCUT2D eigenvalue weighted by Gasteiger charge is 2.32.